The standard InChI is InChI=1S/C19H18ClN3O2S/c1-12-17(26-11-22-12)19(24)23-7-3-6-16(23)18-21-10-15(25-18)9-13-4-2-5-14(20)8-13/h2,4-5,8,10-11,16H,3,6-7,9H2,1H3. The summed E-state index contributed by atoms with van der Waals surface area (Å²) in [6.07, 6.45) is 4.18. The molecule has 1 aliphatic heterocycles. The van der Waals surface area contributed by atoms with Crippen molar-refractivity contribution in [2.45, 2.75) is 32.2 Å². The van der Waals surface area contributed by atoms with E-state index in [9.17, 15) is 4.79 Å². The molecule has 0 radical (unpaired) electrons. The normalized spacial score (nSPS) is 17.0. The quantitative estimate of drug-likeness (QED) is 0.653. The SMILES string of the molecule is Cc1ncsc1C(=O)N1CCCC1c1ncc(Cc2cccc(Cl)c2)o1. The predicted octanol–water partition coefficient (Wildman–Crippen LogP) is 4.66. The van der Waals surface area contributed by atoms with E-state index in [1.165, 1.54) is 11.3 Å². The Kier molecular flexibility index (Phi) is 4.78. The van der Waals surface area contributed by atoms with Gasteiger partial charge in [0.15, 0.2) is 0 Å². The summed E-state index contributed by atoms with van der Waals surface area (Å²) in [7, 11) is 0. The van der Waals surface area contributed by atoms with Crippen LogP contribution in [0.2, 0.25) is 5.02 Å². The third-order valence-corrected chi connectivity index (χ3v) is 5.73. The number of rotatable bonds is 4. The number of halogens is 1. The smallest absolute Gasteiger partial charge is 0.266 e. The van der Waals surface area contributed by atoms with Gasteiger partial charge < -0.3 is 9.32 Å². The van der Waals surface area contributed by atoms with Gasteiger partial charge in [-0.3, -0.25) is 4.79 Å². The molecular weight excluding hydrogens is 370 g/mol. The maximum absolute atomic E-state index is 12.9. The van der Waals surface area contributed by atoms with Gasteiger partial charge in [0.05, 0.1) is 17.4 Å². The van der Waals surface area contributed by atoms with Crippen molar-refractivity contribution in [1.29, 1.82) is 0 Å². The molecule has 0 saturated carbocycles. The third kappa shape index (κ3) is 3.39. The molecule has 1 aliphatic rings. The molecule has 1 amide bonds. The van der Waals surface area contributed by atoms with Crippen LogP contribution in [0.1, 0.15) is 51.5 Å². The Morgan fingerprint density at radius 3 is 3.08 bits per heavy atom. The zero-order chi connectivity index (χ0) is 18.1. The molecule has 1 aromatic carbocycles. The van der Waals surface area contributed by atoms with Gasteiger partial charge in [0.1, 0.15) is 16.7 Å². The van der Waals surface area contributed by atoms with Crippen molar-refractivity contribution in [1.82, 2.24) is 14.9 Å². The van der Waals surface area contributed by atoms with Gasteiger partial charge in [-0.05, 0) is 37.5 Å². The van der Waals surface area contributed by atoms with Gasteiger partial charge in [0.25, 0.3) is 5.91 Å². The molecule has 1 unspecified atom stereocenters. The van der Waals surface area contributed by atoms with Crippen molar-refractivity contribution in [3.05, 3.63) is 68.8 Å². The minimum Gasteiger partial charge on any atom is -0.443 e. The second-order valence-electron chi connectivity index (χ2n) is 6.39. The minimum atomic E-state index is -0.114. The Labute approximate surface area is 160 Å². The fourth-order valence-electron chi connectivity index (χ4n) is 3.31. The van der Waals surface area contributed by atoms with Crippen LogP contribution in [0.25, 0.3) is 0 Å². The van der Waals surface area contributed by atoms with E-state index in [-0.39, 0.29) is 11.9 Å². The average molecular weight is 388 g/mol. The molecule has 5 nitrogen and oxygen atoms in total. The average Bonchev–Trinajstić information content (AvgIpc) is 3.34. The first kappa shape index (κ1) is 17.2. The summed E-state index contributed by atoms with van der Waals surface area (Å²) in [6, 6.07) is 7.58. The summed E-state index contributed by atoms with van der Waals surface area (Å²) in [5, 5.41) is 0.703. The number of carbonyl (C=O) groups is 1. The number of oxazole rings is 1. The van der Waals surface area contributed by atoms with Crippen LogP contribution in [0.15, 0.2) is 40.4 Å². The highest BCUT2D eigenvalue weighted by Crippen LogP contribution is 2.34. The number of hydrogen-bond donors (Lipinski definition) is 0. The Morgan fingerprint density at radius 2 is 2.31 bits per heavy atom. The summed E-state index contributed by atoms with van der Waals surface area (Å²) in [5.41, 5.74) is 3.56. The molecule has 26 heavy (non-hydrogen) atoms. The number of aromatic nitrogens is 2. The van der Waals surface area contributed by atoms with E-state index in [2.05, 4.69) is 9.97 Å². The number of hydrogen-bond acceptors (Lipinski definition) is 5. The second kappa shape index (κ2) is 7.21. The maximum Gasteiger partial charge on any atom is 0.266 e. The Bertz CT molecular complexity index is 936. The van der Waals surface area contributed by atoms with Crippen LogP contribution < -0.4 is 0 Å². The van der Waals surface area contributed by atoms with E-state index < -0.39 is 0 Å². The predicted molar refractivity (Wildman–Crippen MR) is 101 cm³/mol. The third-order valence-electron chi connectivity index (χ3n) is 4.58. The number of benzene rings is 1. The molecule has 7 heteroatoms. The van der Waals surface area contributed by atoms with Gasteiger partial charge in [-0.1, -0.05) is 23.7 Å². The van der Waals surface area contributed by atoms with Gasteiger partial charge in [0.2, 0.25) is 5.89 Å². The molecule has 0 bridgehead atoms. The lowest BCUT2D eigenvalue weighted by molar-refractivity contribution is 0.0718. The fourth-order valence-corrected chi connectivity index (χ4v) is 4.28. The molecule has 3 aromatic rings. The largest absolute Gasteiger partial charge is 0.443 e. The molecule has 0 spiro atoms. The maximum atomic E-state index is 12.9. The number of amides is 1. The van der Waals surface area contributed by atoms with Gasteiger partial charge in [-0.2, -0.15) is 0 Å². The molecule has 4 rings (SSSR count). The molecule has 1 atom stereocenters. The summed E-state index contributed by atoms with van der Waals surface area (Å²) in [5.74, 6) is 1.40. The van der Waals surface area contributed by atoms with Gasteiger partial charge in [0, 0.05) is 18.0 Å². The van der Waals surface area contributed by atoms with Crippen molar-refractivity contribution in [3.8, 4) is 0 Å². The van der Waals surface area contributed by atoms with E-state index in [0.29, 0.717) is 28.8 Å². The summed E-state index contributed by atoms with van der Waals surface area (Å²) in [6.45, 7) is 2.58. The fraction of sp³-hybridized carbons (Fsp3) is 0.316. The lowest BCUT2D eigenvalue weighted by Crippen LogP contribution is -2.30. The number of carbonyl (C=O) groups excluding carboxylic acids is 1. The highest BCUT2D eigenvalue weighted by molar-refractivity contribution is 7.11. The molecule has 0 aliphatic carbocycles. The molecule has 0 N–H and O–H groups in total. The molecule has 134 valence electrons. The molecule has 2 aromatic heterocycles. The van der Waals surface area contributed by atoms with E-state index in [4.69, 9.17) is 16.0 Å². The Hall–Kier alpha value is -2.18. The van der Waals surface area contributed by atoms with E-state index in [1.807, 2.05) is 36.1 Å². The van der Waals surface area contributed by atoms with Crippen molar-refractivity contribution in [3.63, 3.8) is 0 Å². The van der Waals surface area contributed by atoms with Crippen LogP contribution in [0.4, 0.5) is 0 Å². The molecule has 3 heterocycles. The van der Waals surface area contributed by atoms with E-state index in [1.54, 1.807) is 11.7 Å². The summed E-state index contributed by atoms with van der Waals surface area (Å²) >= 11 is 7.43. The molecule has 1 fully saturated rings. The van der Waals surface area contributed by atoms with Crippen LogP contribution in [0, 0.1) is 6.92 Å². The van der Waals surface area contributed by atoms with Crippen molar-refractivity contribution in [2.75, 3.05) is 6.54 Å². The first-order valence-electron chi connectivity index (χ1n) is 8.52. The zero-order valence-corrected chi connectivity index (χ0v) is 15.9. The highest BCUT2D eigenvalue weighted by Gasteiger charge is 2.35. The topological polar surface area (TPSA) is 59.2 Å². The lowest BCUT2D eigenvalue weighted by Gasteiger charge is -2.21. The lowest BCUT2D eigenvalue weighted by atomic mass is 10.1. The number of aryl methyl sites for hydroxylation is 1. The van der Waals surface area contributed by atoms with E-state index in [0.717, 1.165) is 29.9 Å². The van der Waals surface area contributed by atoms with Crippen LogP contribution in [-0.4, -0.2) is 27.3 Å². The summed E-state index contributed by atoms with van der Waals surface area (Å²) < 4.78 is 5.98. The number of nitrogens with zero attached hydrogens (tertiary/aromatic N) is 3. The first-order chi connectivity index (χ1) is 12.6. The van der Waals surface area contributed by atoms with Crippen molar-refractivity contribution >= 4 is 28.8 Å². The van der Waals surface area contributed by atoms with Crippen molar-refractivity contribution in [2.24, 2.45) is 0 Å². The first-order valence-corrected chi connectivity index (χ1v) is 9.77. The van der Waals surface area contributed by atoms with Crippen LogP contribution in [-0.2, 0) is 6.42 Å². The molecule has 1 saturated heterocycles. The van der Waals surface area contributed by atoms with E-state index >= 15 is 0 Å². The van der Waals surface area contributed by atoms with Gasteiger partial charge >= 0.3 is 0 Å². The zero-order valence-electron chi connectivity index (χ0n) is 14.3. The van der Waals surface area contributed by atoms with Crippen LogP contribution in [0.3, 0.4) is 0 Å². The monoisotopic (exact) mass is 387 g/mol. The molecular formula is C19H18ClN3O2S. The summed E-state index contributed by atoms with van der Waals surface area (Å²) in [4.78, 5) is 24.0. The Morgan fingerprint density at radius 1 is 1.42 bits per heavy atom. The minimum absolute atomic E-state index is 0.0158. The highest BCUT2D eigenvalue weighted by atomic mass is 35.5. The second-order valence-corrected chi connectivity index (χ2v) is 7.69. The van der Waals surface area contributed by atoms with Gasteiger partial charge in [-0.15, -0.1) is 11.3 Å². The van der Waals surface area contributed by atoms with Gasteiger partial charge in [-0.25, -0.2) is 9.97 Å². The van der Waals surface area contributed by atoms with Crippen LogP contribution in [0.5, 0.6) is 0 Å². The number of thiazole rings is 1. The van der Waals surface area contributed by atoms with Crippen molar-refractivity contribution < 1.29 is 9.21 Å². The van der Waals surface area contributed by atoms with Crippen LogP contribution >= 0.6 is 22.9 Å². The number of likely N-dealkylation sites (tertiary alicyclic amines) is 1. The Balaban J connectivity index is 1.53.